The standard InChI is InChI=1S/C11H21N3O4S/c1-6(2)9(14-10(17)7(12)5-19)11(18)13-4-3-8(15)16/h6-7,9,19H,3-5,12H2,1-2H3,(H,13,18)(H,14,17)(H,15,16)/t7-,9-/m0/s1. The van der Waals surface area contributed by atoms with Crippen LogP contribution in [0.25, 0.3) is 0 Å². The van der Waals surface area contributed by atoms with Crippen LogP contribution in [0.5, 0.6) is 0 Å². The minimum Gasteiger partial charge on any atom is -0.481 e. The Kier molecular flexibility index (Phi) is 8.17. The molecule has 0 saturated heterocycles. The van der Waals surface area contributed by atoms with Crippen molar-refractivity contribution in [2.75, 3.05) is 12.3 Å². The number of nitrogens with two attached hydrogens (primary N) is 1. The van der Waals surface area contributed by atoms with Crippen molar-refractivity contribution >= 4 is 30.4 Å². The van der Waals surface area contributed by atoms with Crippen molar-refractivity contribution in [3.05, 3.63) is 0 Å². The van der Waals surface area contributed by atoms with Gasteiger partial charge in [-0.25, -0.2) is 0 Å². The van der Waals surface area contributed by atoms with Crippen molar-refractivity contribution in [3.63, 3.8) is 0 Å². The Morgan fingerprint density at radius 3 is 2.26 bits per heavy atom. The van der Waals surface area contributed by atoms with E-state index in [9.17, 15) is 14.4 Å². The van der Waals surface area contributed by atoms with Gasteiger partial charge in [0.1, 0.15) is 6.04 Å². The smallest absolute Gasteiger partial charge is 0.305 e. The van der Waals surface area contributed by atoms with E-state index in [-0.39, 0.29) is 24.6 Å². The average Bonchev–Trinajstić information content (AvgIpc) is 2.33. The normalized spacial score (nSPS) is 13.7. The number of carbonyl (C=O) groups excluding carboxylic acids is 2. The second kappa shape index (κ2) is 8.76. The van der Waals surface area contributed by atoms with Gasteiger partial charge in [-0.15, -0.1) is 0 Å². The van der Waals surface area contributed by atoms with E-state index in [0.29, 0.717) is 0 Å². The topological polar surface area (TPSA) is 122 Å². The van der Waals surface area contributed by atoms with E-state index in [2.05, 4.69) is 23.3 Å². The summed E-state index contributed by atoms with van der Waals surface area (Å²) in [6, 6.07) is -1.52. The molecule has 0 aliphatic rings. The number of carbonyl (C=O) groups is 3. The first kappa shape index (κ1) is 17.7. The summed E-state index contributed by atoms with van der Waals surface area (Å²) >= 11 is 3.91. The lowest BCUT2D eigenvalue weighted by molar-refractivity contribution is -0.137. The zero-order chi connectivity index (χ0) is 15.0. The van der Waals surface area contributed by atoms with Crippen LogP contribution in [0.3, 0.4) is 0 Å². The molecule has 0 heterocycles. The maximum Gasteiger partial charge on any atom is 0.305 e. The molecule has 0 aromatic heterocycles. The lowest BCUT2D eigenvalue weighted by atomic mass is 10.0. The third-order valence-corrected chi connectivity index (χ3v) is 2.81. The molecule has 0 unspecified atom stereocenters. The molecule has 0 rings (SSSR count). The molecule has 0 fully saturated rings. The van der Waals surface area contributed by atoms with Crippen LogP contribution in [0, 0.1) is 5.92 Å². The Hall–Kier alpha value is -1.28. The molecule has 0 bridgehead atoms. The van der Waals surface area contributed by atoms with Crippen molar-refractivity contribution in [2.45, 2.75) is 32.4 Å². The Balaban J connectivity index is 4.43. The summed E-state index contributed by atoms with van der Waals surface area (Å²) in [7, 11) is 0. The van der Waals surface area contributed by atoms with Crippen LogP contribution in [0.15, 0.2) is 0 Å². The van der Waals surface area contributed by atoms with Gasteiger partial charge in [0.25, 0.3) is 0 Å². The van der Waals surface area contributed by atoms with E-state index in [1.54, 1.807) is 13.8 Å². The number of carboxylic acid groups (broad SMARTS) is 1. The minimum atomic E-state index is -0.998. The van der Waals surface area contributed by atoms with Crippen LogP contribution in [0.2, 0.25) is 0 Å². The van der Waals surface area contributed by atoms with Crippen molar-refractivity contribution in [2.24, 2.45) is 11.7 Å². The van der Waals surface area contributed by atoms with E-state index < -0.39 is 29.9 Å². The molecule has 2 atom stereocenters. The van der Waals surface area contributed by atoms with E-state index in [4.69, 9.17) is 10.8 Å². The third kappa shape index (κ3) is 7.02. The first-order chi connectivity index (χ1) is 8.79. The van der Waals surface area contributed by atoms with Crippen molar-refractivity contribution < 1.29 is 19.5 Å². The summed E-state index contributed by atoms with van der Waals surface area (Å²) in [5, 5.41) is 13.5. The molecule has 5 N–H and O–H groups in total. The van der Waals surface area contributed by atoms with Crippen LogP contribution in [-0.4, -0.2) is 47.3 Å². The molecule has 0 radical (unpaired) electrons. The van der Waals surface area contributed by atoms with E-state index >= 15 is 0 Å². The first-order valence-electron chi connectivity index (χ1n) is 5.95. The molecular weight excluding hydrogens is 270 g/mol. The summed E-state index contributed by atoms with van der Waals surface area (Å²) in [5.41, 5.74) is 5.51. The molecule has 2 amide bonds. The Morgan fingerprint density at radius 1 is 1.26 bits per heavy atom. The molecule has 19 heavy (non-hydrogen) atoms. The summed E-state index contributed by atoms with van der Waals surface area (Å²) in [6.45, 7) is 3.56. The zero-order valence-corrected chi connectivity index (χ0v) is 11.9. The molecule has 8 heteroatoms. The number of amides is 2. The van der Waals surface area contributed by atoms with Gasteiger partial charge in [-0.2, -0.15) is 12.6 Å². The lowest BCUT2D eigenvalue weighted by Gasteiger charge is -2.23. The van der Waals surface area contributed by atoms with Gasteiger partial charge in [-0.05, 0) is 5.92 Å². The van der Waals surface area contributed by atoms with E-state index in [1.165, 1.54) is 0 Å². The number of aliphatic carboxylic acids is 1. The highest BCUT2D eigenvalue weighted by atomic mass is 32.1. The summed E-state index contributed by atoms with van der Waals surface area (Å²) in [5.74, 6) is -1.83. The second-order valence-corrected chi connectivity index (χ2v) is 4.82. The predicted octanol–water partition coefficient (Wildman–Crippen LogP) is -1.02. The predicted molar refractivity (Wildman–Crippen MR) is 73.9 cm³/mol. The molecule has 110 valence electrons. The maximum atomic E-state index is 11.8. The molecule has 0 aliphatic heterocycles. The molecule has 0 spiro atoms. The van der Waals surface area contributed by atoms with E-state index in [1.807, 2.05) is 0 Å². The van der Waals surface area contributed by atoms with Gasteiger partial charge in [0.15, 0.2) is 0 Å². The van der Waals surface area contributed by atoms with Gasteiger partial charge in [0, 0.05) is 12.3 Å². The Morgan fingerprint density at radius 2 is 1.84 bits per heavy atom. The highest BCUT2D eigenvalue weighted by Gasteiger charge is 2.25. The fourth-order valence-electron chi connectivity index (χ4n) is 1.28. The van der Waals surface area contributed by atoms with Crippen LogP contribution in [0.4, 0.5) is 0 Å². The number of hydrogen-bond acceptors (Lipinski definition) is 5. The third-order valence-electron chi connectivity index (χ3n) is 2.42. The summed E-state index contributed by atoms with van der Waals surface area (Å²) in [4.78, 5) is 33.8. The van der Waals surface area contributed by atoms with Crippen LogP contribution < -0.4 is 16.4 Å². The first-order valence-corrected chi connectivity index (χ1v) is 6.59. The van der Waals surface area contributed by atoms with Gasteiger partial charge in [0.2, 0.25) is 11.8 Å². The fraction of sp³-hybridized carbons (Fsp3) is 0.727. The highest BCUT2D eigenvalue weighted by molar-refractivity contribution is 7.80. The van der Waals surface area contributed by atoms with Crippen molar-refractivity contribution in [1.29, 1.82) is 0 Å². The summed E-state index contributed by atoms with van der Waals surface area (Å²) in [6.07, 6.45) is -0.166. The maximum absolute atomic E-state index is 11.8. The number of carboxylic acids is 1. The lowest BCUT2D eigenvalue weighted by Crippen LogP contribution is -2.54. The Bertz CT molecular complexity index is 336. The number of hydrogen-bond donors (Lipinski definition) is 5. The number of rotatable bonds is 8. The van der Waals surface area contributed by atoms with Gasteiger partial charge in [-0.3, -0.25) is 14.4 Å². The molecule has 0 aromatic rings. The zero-order valence-electron chi connectivity index (χ0n) is 11.0. The molecule has 0 aliphatic carbocycles. The van der Waals surface area contributed by atoms with Crippen LogP contribution in [-0.2, 0) is 14.4 Å². The van der Waals surface area contributed by atoms with Crippen LogP contribution in [0.1, 0.15) is 20.3 Å². The highest BCUT2D eigenvalue weighted by Crippen LogP contribution is 2.02. The molecular formula is C11H21N3O4S. The van der Waals surface area contributed by atoms with Crippen LogP contribution >= 0.6 is 12.6 Å². The van der Waals surface area contributed by atoms with Gasteiger partial charge < -0.3 is 21.5 Å². The monoisotopic (exact) mass is 291 g/mol. The van der Waals surface area contributed by atoms with Gasteiger partial charge >= 0.3 is 5.97 Å². The largest absolute Gasteiger partial charge is 0.481 e. The molecule has 0 aromatic carbocycles. The van der Waals surface area contributed by atoms with Gasteiger partial charge in [0.05, 0.1) is 12.5 Å². The average molecular weight is 291 g/mol. The second-order valence-electron chi connectivity index (χ2n) is 4.45. The number of thiol groups is 1. The Labute approximate surface area is 117 Å². The number of nitrogens with one attached hydrogen (secondary N) is 2. The quantitative estimate of drug-likeness (QED) is 0.366. The minimum absolute atomic E-state index is 0.0197. The molecule has 7 nitrogen and oxygen atoms in total. The SMILES string of the molecule is CC(C)[C@H](NC(=O)[C@@H](N)CS)C(=O)NCCC(=O)O. The van der Waals surface area contributed by atoms with E-state index in [0.717, 1.165) is 0 Å². The molecule has 0 saturated carbocycles. The summed E-state index contributed by atoms with van der Waals surface area (Å²) < 4.78 is 0. The van der Waals surface area contributed by atoms with Crippen molar-refractivity contribution in [3.8, 4) is 0 Å². The van der Waals surface area contributed by atoms with Gasteiger partial charge in [-0.1, -0.05) is 13.8 Å². The van der Waals surface area contributed by atoms with Crippen molar-refractivity contribution in [1.82, 2.24) is 10.6 Å². The fourth-order valence-corrected chi connectivity index (χ4v) is 1.45.